The minimum absolute atomic E-state index is 0.452. The summed E-state index contributed by atoms with van der Waals surface area (Å²) in [7, 11) is 3.48. The molecule has 3 rings (SSSR count). The molecule has 1 aromatic carbocycles. The number of hydrogen-bond donors (Lipinski definition) is 1. The molecule has 1 N–H and O–H groups in total. The quantitative estimate of drug-likeness (QED) is 0.545. The van der Waals surface area contributed by atoms with Crippen LogP contribution in [0.2, 0.25) is 0 Å². The first-order chi connectivity index (χ1) is 12.0. The topological polar surface area (TPSA) is 41.6 Å². The zero-order valence-electron chi connectivity index (χ0n) is 14.0. The SMILES string of the molecule is COC(=O)Nc1sc(CN(C)CCc2cc3ccccc3s2)cc1Br. The molecule has 7 heteroatoms. The lowest BCUT2D eigenvalue weighted by Gasteiger charge is -2.14. The van der Waals surface area contributed by atoms with E-state index >= 15 is 0 Å². The highest BCUT2D eigenvalue weighted by molar-refractivity contribution is 9.10. The van der Waals surface area contributed by atoms with Crippen LogP contribution in [-0.4, -0.2) is 31.7 Å². The summed E-state index contributed by atoms with van der Waals surface area (Å²) in [5, 5.41) is 4.82. The van der Waals surface area contributed by atoms with Gasteiger partial charge < -0.3 is 9.64 Å². The number of thiophene rings is 2. The molecule has 0 fully saturated rings. The number of amides is 1. The first kappa shape index (κ1) is 18.4. The molecule has 0 unspecified atom stereocenters. The minimum atomic E-state index is -0.452. The van der Waals surface area contributed by atoms with Crippen LogP contribution in [0.5, 0.6) is 0 Å². The lowest BCUT2D eigenvalue weighted by Crippen LogP contribution is -2.19. The van der Waals surface area contributed by atoms with Gasteiger partial charge in [0.15, 0.2) is 0 Å². The maximum Gasteiger partial charge on any atom is 0.411 e. The van der Waals surface area contributed by atoms with E-state index in [-0.39, 0.29) is 0 Å². The Labute approximate surface area is 163 Å². The Balaban J connectivity index is 1.56. The van der Waals surface area contributed by atoms with E-state index in [1.807, 2.05) is 17.4 Å². The fourth-order valence-electron chi connectivity index (χ4n) is 2.53. The number of halogens is 1. The molecule has 0 atom stereocenters. The van der Waals surface area contributed by atoms with Crippen LogP contribution in [0.1, 0.15) is 9.75 Å². The molecular weight excluding hydrogens is 420 g/mol. The lowest BCUT2D eigenvalue weighted by molar-refractivity contribution is 0.187. The molecular formula is C18H19BrN2O2S2. The van der Waals surface area contributed by atoms with Gasteiger partial charge in [0.05, 0.1) is 11.6 Å². The van der Waals surface area contributed by atoms with Crippen LogP contribution < -0.4 is 5.32 Å². The monoisotopic (exact) mass is 438 g/mol. The van der Waals surface area contributed by atoms with Gasteiger partial charge in [0.2, 0.25) is 0 Å². The van der Waals surface area contributed by atoms with Gasteiger partial charge in [0.1, 0.15) is 5.00 Å². The molecule has 0 bridgehead atoms. The molecule has 1 amide bonds. The highest BCUT2D eigenvalue weighted by atomic mass is 79.9. The molecule has 0 saturated heterocycles. The number of carbonyl (C=O) groups is 1. The number of nitrogens with zero attached hydrogens (tertiary/aromatic N) is 1. The van der Waals surface area contributed by atoms with Crippen LogP contribution in [-0.2, 0) is 17.7 Å². The van der Waals surface area contributed by atoms with Gasteiger partial charge in [-0.05, 0) is 53.0 Å². The first-order valence-corrected chi connectivity index (χ1v) is 10.3. The average Bonchev–Trinajstić information content (AvgIpc) is 3.16. The van der Waals surface area contributed by atoms with E-state index in [4.69, 9.17) is 0 Å². The van der Waals surface area contributed by atoms with Crippen LogP contribution >= 0.6 is 38.6 Å². The molecule has 2 heterocycles. The maximum atomic E-state index is 11.3. The van der Waals surface area contributed by atoms with E-state index < -0.39 is 6.09 Å². The summed E-state index contributed by atoms with van der Waals surface area (Å²) in [5.41, 5.74) is 0. The molecule has 0 aliphatic rings. The lowest BCUT2D eigenvalue weighted by atomic mass is 10.2. The highest BCUT2D eigenvalue weighted by Gasteiger charge is 2.12. The normalized spacial score (nSPS) is 11.2. The van der Waals surface area contributed by atoms with Crippen LogP contribution in [0.15, 0.2) is 40.9 Å². The van der Waals surface area contributed by atoms with Gasteiger partial charge in [-0.25, -0.2) is 4.79 Å². The molecule has 4 nitrogen and oxygen atoms in total. The van der Waals surface area contributed by atoms with E-state index in [1.165, 1.54) is 27.0 Å². The van der Waals surface area contributed by atoms with Crippen LogP contribution in [0.4, 0.5) is 9.80 Å². The third-order valence-electron chi connectivity index (χ3n) is 3.78. The predicted molar refractivity (Wildman–Crippen MR) is 110 cm³/mol. The van der Waals surface area contributed by atoms with E-state index in [2.05, 4.69) is 68.3 Å². The third kappa shape index (κ3) is 4.82. The van der Waals surface area contributed by atoms with Crippen molar-refractivity contribution < 1.29 is 9.53 Å². The molecule has 0 aliphatic carbocycles. The van der Waals surface area contributed by atoms with Gasteiger partial charge >= 0.3 is 6.09 Å². The van der Waals surface area contributed by atoms with Gasteiger partial charge in [-0.15, -0.1) is 22.7 Å². The number of nitrogens with one attached hydrogen (secondary N) is 1. The number of likely N-dealkylation sites (N-methyl/N-ethyl adjacent to an activating group) is 1. The second-order valence-corrected chi connectivity index (χ2v) is 8.90. The van der Waals surface area contributed by atoms with Crippen LogP contribution in [0, 0.1) is 0 Å². The largest absolute Gasteiger partial charge is 0.453 e. The molecule has 0 aliphatic heterocycles. The number of ether oxygens (including phenoxy) is 1. The van der Waals surface area contributed by atoms with Crippen molar-refractivity contribution in [2.45, 2.75) is 13.0 Å². The number of carbonyl (C=O) groups excluding carboxylic acids is 1. The summed E-state index contributed by atoms with van der Waals surface area (Å²) in [6.45, 7) is 1.83. The van der Waals surface area contributed by atoms with Crippen molar-refractivity contribution in [2.24, 2.45) is 0 Å². The second kappa shape index (κ2) is 8.31. The average molecular weight is 439 g/mol. The highest BCUT2D eigenvalue weighted by Crippen LogP contribution is 2.33. The summed E-state index contributed by atoms with van der Waals surface area (Å²) in [6.07, 6.45) is 0.586. The number of rotatable bonds is 6. The van der Waals surface area contributed by atoms with Crippen molar-refractivity contribution in [3.63, 3.8) is 0 Å². The summed E-state index contributed by atoms with van der Waals surface area (Å²) in [5.74, 6) is 0. The first-order valence-electron chi connectivity index (χ1n) is 7.84. The number of benzene rings is 1. The maximum absolute atomic E-state index is 11.3. The zero-order chi connectivity index (χ0) is 17.8. The van der Waals surface area contributed by atoms with E-state index in [1.54, 1.807) is 11.3 Å². The Kier molecular flexibility index (Phi) is 6.11. The Bertz CT molecular complexity index is 842. The van der Waals surface area contributed by atoms with E-state index in [0.717, 1.165) is 29.0 Å². The van der Waals surface area contributed by atoms with Crippen LogP contribution in [0.25, 0.3) is 10.1 Å². The van der Waals surface area contributed by atoms with Gasteiger partial charge in [0, 0.05) is 27.5 Å². The van der Waals surface area contributed by atoms with Crippen LogP contribution in [0.3, 0.4) is 0 Å². The molecule has 25 heavy (non-hydrogen) atoms. The van der Waals surface area contributed by atoms with Gasteiger partial charge in [-0.3, -0.25) is 5.32 Å². The summed E-state index contributed by atoms with van der Waals surface area (Å²) in [4.78, 5) is 16.2. The Morgan fingerprint density at radius 3 is 2.80 bits per heavy atom. The summed E-state index contributed by atoms with van der Waals surface area (Å²) < 4.78 is 6.87. The van der Waals surface area contributed by atoms with E-state index in [9.17, 15) is 4.79 Å². The fraction of sp³-hybridized carbons (Fsp3) is 0.278. The standard InChI is InChI=1S/C18H19BrN2O2S2/c1-21(8-7-13-9-12-5-3-4-6-16(12)24-13)11-14-10-15(19)17(25-14)20-18(22)23-2/h3-6,9-10H,7-8,11H2,1-2H3,(H,20,22). The number of anilines is 1. The third-order valence-corrected chi connectivity index (χ3v) is 6.88. The molecule has 0 saturated carbocycles. The predicted octanol–water partition coefficient (Wildman–Crippen LogP) is 5.58. The smallest absolute Gasteiger partial charge is 0.411 e. The Hall–Kier alpha value is -1.41. The van der Waals surface area contributed by atoms with E-state index in [0.29, 0.717) is 0 Å². The van der Waals surface area contributed by atoms with Crippen molar-refractivity contribution in [2.75, 3.05) is 26.0 Å². The molecule has 3 aromatic rings. The van der Waals surface area contributed by atoms with Gasteiger partial charge in [0.25, 0.3) is 0 Å². The van der Waals surface area contributed by atoms with Gasteiger partial charge in [-0.2, -0.15) is 0 Å². The molecule has 2 aromatic heterocycles. The Morgan fingerprint density at radius 2 is 2.04 bits per heavy atom. The summed E-state index contributed by atoms with van der Waals surface area (Å²) >= 11 is 6.91. The number of hydrogen-bond acceptors (Lipinski definition) is 5. The van der Waals surface area contributed by atoms with Crippen molar-refractivity contribution in [1.82, 2.24) is 4.90 Å². The fourth-order valence-corrected chi connectivity index (χ4v) is 5.37. The number of methoxy groups -OCH3 is 1. The molecule has 132 valence electrons. The minimum Gasteiger partial charge on any atom is -0.453 e. The summed E-state index contributed by atoms with van der Waals surface area (Å²) in [6, 6.07) is 12.8. The van der Waals surface area contributed by atoms with Crippen molar-refractivity contribution in [3.05, 3.63) is 50.6 Å². The number of fused-ring (bicyclic) bond motifs is 1. The zero-order valence-corrected chi connectivity index (χ0v) is 17.3. The second-order valence-electron chi connectivity index (χ2n) is 5.74. The molecule has 0 radical (unpaired) electrons. The van der Waals surface area contributed by atoms with Crippen molar-refractivity contribution in [3.8, 4) is 0 Å². The van der Waals surface area contributed by atoms with Gasteiger partial charge in [-0.1, -0.05) is 18.2 Å². The molecule has 0 spiro atoms. The van der Waals surface area contributed by atoms with Crippen molar-refractivity contribution in [1.29, 1.82) is 0 Å². The van der Waals surface area contributed by atoms with Crippen molar-refractivity contribution >= 4 is 59.8 Å². The Morgan fingerprint density at radius 1 is 1.24 bits per heavy atom.